The molecule has 0 amide bonds. The van der Waals surface area contributed by atoms with Gasteiger partial charge in [-0.15, -0.1) is 0 Å². The molecule has 1 rings (SSSR count). The smallest absolute Gasteiger partial charge is 0.377 e. The Hall–Kier alpha value is -1.84. The second-order valence-electron chi connectivity index (χ2n) is 3.87. The van der Waals surface area contributed by atoms with Gasteiger partial charge in [-0.25, -0.2) is 4.79 Å². The molecule has 0 bridgehead atoms. The van der Waals surface area contributed by atoms with Crippen LogP contribution in [0, 0.1) is 13.8 Å². The average molecular weight is 236 g/mol. The highest BCUT2D eigenvalue weighted by Crippen LogP contribution is 2.29. The predicted molar refractivity (Wildman–Crippen MR) is 63.8 cm³/mol. The minimum Gasteiger partial charge on any atom is -0.496 e. The molecule has 92 valence electrons. The van der Waals surface area contributed by atoms with Crippen LogP contribution in [0.4, 0.5) is 0 Å². The second-order valence-corrected chi connectivity index (χ2v) is 3.87. The largest absolute Gasteiger partial charge is 0.496 e. The first kappa shape index (κ1) is 13.2. The van der Waals surface area contributed by atoms with Gasteiger partial charge in [0.1, 0.15) is 5.75 Å². The Kier molecular flexibility index (Phi) is 3.89. The molecule has 1 aromatic rings. The number of aryl methyl sites for hydroxylation is 1. The van der Waals surface area contributed by atoms with Gasteiger partial charge in [-0.2, -0.15) is 0 Å². The minimum atomic E-state index is -1.43. The maximum atomic E-state index is 11.6. The third kappa shape index (κ3) is 2.30. The van der Waals surface area contributed by atoms with Gasteiger partial charge >= 0.3 is 5.97 Å². The Labute approximate surface area is 100 Å². The van der Waals surface area contributed by atoms with E-state index in [9.17, 15) is 9.59 Å². The van der Waals surface area contributed by atoms with E-state index in [0.717, 1.165) is 16.7 Å². The molecule has 0 aliphatic heterocycles. The number of benzene rings is 1. The monoisotopic (exact) mass is 236 g/mol. The van der Waals surface area contributed by atoms with E-state index in [1.54, 1.807) is 20.1 Å². The van der Waals surface area contributed by atoms with Crippen molar-refractivity contribution in [2.45, 2.75) is 27.2 Å². The second kappa shape index (κ2) is 4.99. The summed E-state index contributed by atoms with van der Waals surface area (Å²) in [4.78, 5) is 22.4. The highest BCUT2D eigenvalue weighted by atomic mass is 16.5. The van der Waals surface area contributed by atoms with Crippen LogP contribution in [0.15, 0.2) is 6.07 Å². The van der Waals surface area contributed by atoms with Gasteiger partial charge < -0.3 is 9.84 Å². The van der Waals surface area contributed by atoms with E-state index in [0.29, 0.717) is 12.2 Å². The Balaban J connectivity index is 3.52. The number of hydrogen-bond donors (Lipinski definition) is 1. The molecule has 0 unspecified atom stereocenters. The summed E-state index contributed by atoms with van der Waals surface area (Å²) < 4.78 is 5.25. The highest BCUT2D eigenvalue weighted by molar-refractivity contribution is 6.40. The van der Waals surface area contributed by atoms with Crippen LogP contribution in [0.25, 0.3) is 0 Å². The number of Topliss-reactive ketones (excluding diaryl/α,β-unsaturated/α-hetero) is 1. The lowest BCUT2D eigenvalue weighted by atomic mass is 9.93. The molecule has 0 aliphatic carbocycles. The fourth-order valence-electron chi connectivity index (χ4n) is 2.09. The summed E-state index contributed by atoms with van der Waals surface area (Å²) in [6.45, 7) is 5.52. The van der Waals surface area contributed by atoms with Crippen molar-refractivity contribution in [1.29, 1.82) is 0 Å². The fraction of sp³-hybridized carbons (Fsp3) is 0.385. The molecular weight excluding hydrogens is 220 g/mol. The summed E-state index contributed by atoms with van der Waals surface area (Å²) in [5, 5.41) is 8.78. The standard InChI is InChI=1S/C13H16O4/c1-5-9-8(3)12(17-4)7(2)6-10(9)11(14)13(15)16/h6H,5H2,1-4H3,(H,15,16). The fourth-order valence-corrected chi connectivity index (χ4v) is 2.09. The summed E-state index contributed by atoms with van der Waals surface area (Å²) in [5.41, 5.74) is 2.60. The van der Waals surface area contributed by atoms with Crippen molar-refractivity contribution in [2.24, 2.45) is 0 Å². The van der Waals surface area contributed by atoms with Crippen LogP contribution in [-0.4, -0.2) is 24.0 Å². The van der Waals surface area contributed by atoms with E-state index in [4.69, 9.17) is 9.84 Å². The van der Waals surface area contributed by atoms with E-state index in [-0.39, 0.29) is 5.56 Å². The molecule has 0 fully saturated rings. The lowest BCUT2D eigenvalue weighted by Gasteiger charge is -2.15. The number of rotatable bonds is 4. The molecule has 1 N–H and O–H groups in total. The van der Waals surface area contributed by atoms with Crippen LogP contribution in [0.5, 0.6) is 5.75 Å². The van der Waals surface area contributed by atoms with Crippen LogP contribution >= 0.6 is 0 Å². The van der Waals surface area contributed by atoms with E-state index < -0.39 is 11.8 Å². The topological polar surface area (TPSA) is 63.6 Å². The number of carbonyl (C=O) groups excluding carboxylic acids is 1. The zero-order valence-electron chi connectivity index (χ0n) is 10.5. The molecule has 0 saturated heterocycles. The van der Waals surface area contributed by atoms with Crippen LogP contribution in [0.1, 0.15) is 34.0 Å². The molecule has 1 aromatic carbocycles. The van der Waals surface area contributed by atoms with Crippen LogP contribution < -0.4 is 4.74 Å². The zero-order valence-corrected chi connectivity index (χ0v) is 10.5. The van der Waals surface area contributed by atoms with E-state index in [2.05, 4.69) is 0 Å². The molecule has 0 aromatic heterocycles. The number of hydrogen-bond acceptors (Lipinski definition) is 3. The minimum absolute atomic E-state index is 0.260. The Morgan fingerprint density at radius 2 is 1.94 bits per heavy atom. The molecule has 0 saturated carbocycles. The Bertz CT molecular complexity index is 475. The first-order valence-electron chi connectivity index (χ1n) is 5.38. The van der Waals surface area contributed by atoms with Crippen molar-refractivity contribution in [3.8, 4) is 5.75 Å². The third-order valence-electron chi connectivity index (χ3n) is 2.83. The predicted octanol–water partition coefficient (Wildman–Crippen LogP) is 2.14. The van der Waals surface area contributed by atoms with Gasteiger partial charge in [0.15, 0.2) is 0 Å². The number of aliphatic carboxylic acids is 1. The third-order valence-corrected chi connectivity index (χ3v) is 2.83. The number of carboxylic acids is 1. The number of ketones is 1. The number of carbonyl (C=O) groups is 2. The van der Waals surface area contributed by atoms with Crippen molar-refractivity contribution < 1.29 is 19.4 Å². The molecule has 4 nitrogen and oxygen atoms in total. The van der Waals surface area contributed by atoms with Crippen molar-refractivity contribution in [3.63, 3.8) is 0 Å². The SMILES string of the molecule is CCc1c(C(=O)C(=O)O)cc(C)c(OC)c1C. The Morgan fingerprint density at radius 3 is 2.35 bits per heavy atom. The molecule has 0 spiro atoms. The van der Waals surface area contributed by atoms with Gasteiger partial charge in [-0.3, -0.25) is 4.79 Å². The van der Waals surface area contributed by atoms with Crippen molar-refractivity contribution in [1.82, 2.24) is 0 Å². The van der Waals surface area contributed by atoms with Gasteiger partial charge in [0.2, 0.25) is 0 Å². The van der Waals surface area contributed by atoms with Crippen LogP contribution in [0.2, 0.25) is 0 Å². The van der Waals surface area contributed by atoms with Crippen LogP contribution in [0.3, 0.4) is 0 Å². The molecular formula is C13H16O4. The number of ether oxygens (including phenoxy) is 1. The molecule has 17 heavy (non-hydrogen) atoms. The van der Waals surface area contributed by atoms with Gasteiger partial charge in [-0.1, -0.05) is 6.92 Å². The highest BCUT2D eigenvalue weighted by Gasteiger charge is 2.21. The molecule has 0 radical (unpaired) electrons. The summed E-state index contributed by atoms with van der Waals surface area (Å²) in [6.07, 6.45) is 0.594. The van der Waals surface area contributed by atoms with Gasteiger partial charge in [-0.05, 0) is 43.0 Å². The van der Waals surface area contributed by atoms with Gasteiger partial charge in [0.05, 0.1) is 7.11 Å². The first-order valence-corrected chi connectivity index (χ1v) is 5.38. The summed E-state index contributed by atoms with van der Waals surface area (Å²) >= 11 is 0. The van der Waals surface area contributed by atoms with Crippen molar-refractivity contribution in [2.75, 3.05) is 7.11 Å². The van der Waals surface area contributed by atoms with Crippen molar-refractivity contribution in [3.05, 3.63) is 28.3 Å². The van der Waals surface area contributed by atoms with Gasteiger partial charge in [0, 0.05) is 5.56 Å². The maximum absolute atomic E-state index is 11.6. The summed E-state index contributed by atoms with van der Waals surface area (Å²) in [7, 11) is 1.56. The summed E-state index contributed by atoms with van der Waals surface area (Å²) in [6, 6.07) is 1.58. The quantitative estimate of drug-likeness (QED) is 0.642. The molecule has 0 heterocycles. The number of methoxy groups -OCH3 is 1. The normalized spacial score (nSPS) is 10.1. The summed E-state index contributed by atoms with van der Waals surface area (Å²) in [5.74, 6) is -1.58. The van der Waals surface area contributed by atoms with Crippen molar-refractivity contribution >= 4 is 11.8 Å². The molecule has 0 atom stereocenters. The zero-order chi connectivity index (χ0) is 13.2. The van der Waals surface area contributed by atoms with Crippen LogP contribution in [-0.2, 0) is 11.2 Å². The molecule has 0 aliphatic rings. The Morgan fingerprint density at radius 1 is 1.35 bits per heavy atom. The van der Waals surface area contributed by atoms with E-state index in [1.807, 2.05) is 13.8 Å². The van der Waals surface area contributed by atoms with E-state index >= 15 is 0 Å². The lowest BCUT2D eigenvalue weighted by Crippen LogP contribution is -2.16. The maximum Gasteiger partial charge on any atom is 0.377 e. The molecule has 4 heteroatoms. The average Bonchev–Trinajstić information content (AvgIpc) is 2.27. The lowest BCUT2D eigenvalue weighted by molar-refractivity contribution is -0.131. The number of carboxylic acid groups (broad SMARTS) is 1. The van der Waals surface area contributed by atoms with E-state index in [1.165, 1.54) is 0 Å². The first-order chi connectivity index (χ1) is 7.93. The van der Waals surface area contributed by atoms with Gasteiger partial charge in [0.25, 0.3) is 5.78 Å².